The second kappa shape index (κ2) is 4.07. The molecule has 1 heteroatoms. The van der Waals surface area contributed by atoms with Gasteiger partial charge in [-0.15, -0.1) is 11.6 Å². The largest absolute Gasteiger partial charge is 0.122 e. The van der Waals surface area contributed by atoms with Crippen molar-refractivity contribution < 1.29 is 0 Å². The van der Waals surface area contributed by atoms with E-state index in [1.807, 2.05) is 0 Å². The summed E-state index contributed by atoms with van der Waals surface area (Å²) in [6, 6.07) is 6.65. The maximum absolute atomic E-state index is 6.52. The lowest BCUT2D eigenvalue weighted by molar-refractivity contribution is 0.537. The number of benzene rings is 1. The van der Waals surface area contributed by atoms with Gasteiger partial charge in [0.1, 0.15) is 0 Å². The molecule has 0 nitrogen and oxygen atoms in total. The predicted molar refractivity (Wildman–Crippen MR) is 71.1 cm³/mol. The summed E-state index contributed by atoms with van der Waals surface area (Å²) in [5, 5.41) is 0.301. The summed E-state index contributed by atoms with van der Waals surface area (Å²) in [4.78, 5) is 0. The number of rotatable bonds is 3. The van der Waals surface area contributed by atoms with Crippen LogP contribution in [-0.2, 0) is 6.42 Å². The summed E-state index contributed by atoms with van der Waals surface area (Å²) in [6.45, 7) is 8.95. The fourth-order valence-electron chi connectivity index (χ4n) is 2.50. The van der Waals surface area contributed by atoms with Crippen LogP contribution in [-0.4, -0.2) is 5.38 Å². The van der Waals surface area contributed by atoms with Crippen molar-refractivity contribution in [3.8, 4) is 0 Å². The molecule has 0 N–H and O–H groups in total. The lowest BCUT2D eigenvalue weighted by atomic mass is 9.97. The normalized spacial score (nSPS) is 24.2. The number of aryl methyl sites for hydroxylation is 2. The van der Waals surface area contributed by atoms with Crippen LogP contribution in [0.25, 0.3) is 0 Å². The van der Waals surface area contributed by atoms with Crippen molar-refractivity contribution >= 4 is 11.6 Å². The second-order valence-electron chi connectivity index (χ2n) is 5.95. The molecular weight excluding hydrogens is 216 g/mol. The van der Waals surface area contributed by atoms with Crippen molar-refractivity contribution in [2.24, 2.45) is 11.3 Å². The molecule has 1 aromatic carbocycles. The van der Waals surface area contributed by atoms with Crippen LogP contribution in [0.5, 0.6) is 0 Å². The van der Waals surface area contributed by atoms with Gasteiger partial charge in [-0.05, 0) is 49.1 Å². The molecule has 0 radical (unpaired) electrons. The van der Waals surface area contributed by atoms with Gasteiger partial charge in [0.25, 0.3) is 0 Å². The van der Waals surface area contributed by atoms with Crippen LogP contribution < -0.4 is 0 Å². The zero-order valence-corrected chi connectivity index (χ0v) is 11.4. The highest BCUT2D eigenvalue weighted by Crippen LogP contribution is 2.55. The Labute approximate surface area is 104 Å². The van der Waals surface area contributed by atoms with E-state index in [0.717, 1.165) is 6.42 Å². The average Bonchev–Trinajstić information content (AvgIpc) is 2.82. The minimum atomic E-state index is 0.301. The highest BCUT2D eigenvalue weighted by Gasteiger charge is 2.49. The first-order valence-corrected chi connectivity index (χ1v) is 6.54. The molecule has 1 saturated carbocycles. The Hall–Kier alpha value is -0.490. The Kier molecular flexibility index (Phi) is 3.05. The van der Waals surface area contributed by atoms with Crippen LogP contribution in [0.2, 0.25) is 0 Å². The first-order valence-electron chi connectivity index (χ1n) is 6.10. The van der Waals surface area contributed by atoms with Gasteiger partial charge in [0.2, 0.25) is 0 Å². The summed E-state index contributed by atoms with van der Waals surface area (Å²) in [5.74, 6) is 0.703. The van der Waals surface area contributed by atoms with Gasteiger partial charge < -0.3 is 0 Å². The first kappa shape index (κ1) is 12.0. The van der Waals surface area contributed by atoms with Crippen LogP contribution in [0.1, 0.15) is 37.0 Å². The van der Waals surface area contributed by atoms with E-state index in [9.17, 15) is 0 Å². The van der Waals surface area contributed by atoms with Gasteiger partial charge in [0.05, 0.1) is 0 Å². The molecule has 0 spiro atoms. The third-order valence-corrected chi connectivity index (χ3v) is 4.40. The van der Waals surface area contributed by atoms with Crippen molar-refractivity contribution in [1.29, 1.82) is 0 Å². The highest BCUT2D eigenvalue weighted by molar-refractivity contribution is 6.21. The molecule has 1 aliphatic rings. The molecule has 1 aliphatic carbocycles. The fraction of sp³-hybridized carbons (Fsp3) is 0.600. The zero-order valence-electron chi connectivity index (χ0n) is 10.7. The molecular formula is C15H21Cl. The van der Waals surface area contributed by atoms with E-state index in [1.165, 1.54) is 23.1 Å². The third kappa shape index (κ3) is 2.43. The molecule has 2 rings (SSSR count). The predicted octanol–water partition coefficient (Wildman–Crippen LogP) is 4.50. The summed E-state index contributed by atoms with van der Waals surface area (Å²) < 4.78 is 0. The molecule has 0 aromatic heterocycles. The summed E-state index contributed by atoms with van der Waals surface area (Å²) >= 11 is 6.52. The smallest absolute Gasteiger partial charge is 0.0409 e. The van der Waals surface area contributed by atoms with Crippen molar-refractivity contribution in [3.63, 3.8) is 0 Å². The third-order valence-electron chi connectivity index (χ3n) is 3.95. The molecule has 0 bridgehead atoms. The molecule has 1 fully saturated rings. The Bertz CT molecular complexity index is 392. The van der Waals surface area contributed by atoms with E-state index >= 15 is 0 Å². The molecule has 1 aromatic rings. The Morgan fingerprint density at radius 3 is 2.56 bits per heavy atom. The quantitative estimate of drug-likeness (QED) is 0.678. The lowest BCUT2D eigenvalue weighted by Crippen LogP contribution is -2.11. The highest BCUT2D eigenvalue weighted by atomic mass is 35.5. The number of halogens is 1. The van der Waals surface area contributed by atoms with Gasteiger partial charge >= 0.3 is 0 Å². The molecule has 16 heavy (non-hydrogen) atoms. The average molecular weight is 237 g/mol. The molecule has 0 heterocycles. The van der Waals surface area contributed by atoms with Crippen LogP contribution in [0.15, 0.2) is 18.2 Å². The summed E-state index contributed by atoms with van der Waals surface area (Å²) in [7, 11) is 0. The molecule has 0 saturated heterocycles. The molecule has 88 valence electrons. The minimum absolute atomic E-state index is 0.301. The lowest BCUT2D eigenvalue weighted by Gasteiger charge is -2.13. The van der Waals surface area contributed by atoms with E-state index < -0.39 is 0 Å². The molecule has 0 amide bonds. The van der Waals surface area contributed by atoms with Crippen LogP contribution in [0.3, 0.4) is 0 Å². The molecule has 0 aliphatic heterocycles. The SMILES string of the molecule is Cc1ccc(C)c(CC(Cl)C2CC2(C)C)c1. The fourth-order valence-corrected chi connectivity index (χ4v) is 3.09. The summed E-state index contributed by atoms with van der Waals surface area (Å²) in [6.07, 6.45) is 2.30. The van der Waals surface area contributed by atoms with E-state index in [-0.39, 0.29) is 0 Å². The van der Waals surface area contributed by atoms with E-state index in [4.69, 9.17) is 11.6 Å². The maximum Gasteiger partial charge on any atom is 0.0409 e. The topological polar surface area (TPSA) is 0 Å². The first-order chi connectivity index (χ1) is 7.40. The van der Waals surface area contributed by atoms with Gasteiger partial charge in [0, 0.05) is 5.38 Å². The van der Waals surface area contributed by atoms with Crippen LogP contribution in [0.4, 0.5) is 0 Å². The Morgan fingerprint density at radius 1 is 1.38 bits per heavy atom. The number of hydrogen-bond acceptors (Lipinski definition) is 0. The number of alkyl halides is 1. The Morgan fingerprint density at radius 2 is 2.00 bits per heavy atom. The van der Waals surface area contributed by atoms with Crippen molar-refractivity contribution in [3.05, 3.63) is 34.9 Å². The van der Waals surface area contributed by atoms with Gasteiger partial charge in [-0.1, -0.05) is 37.6 Å². The number of hydrogen-bond donors (Lipinski definition) is 0. The molecule has 2 atom stereocenters. The van der Waals surface area contributed by atoms with Crippen LogP contribution >= 0.6 is 11.6 Å². The molecule has 2 unspecified atom stereocenters. The van der Waals surface area contributed by atoms with Crippen molar-refractivity contribution in [1.82, 2.24) is 0 Å². The van der Waals surface area contributed by atoms with E-state index in [0.29, 0.717) is 16.7 Å². The van der Waals surface area contributed by atoms with Crippen molar-refractivity contribution in [2.75, 3.05) is 0 Å². The van der Waals surface area contributed by atoms with E-state index in [2.05, 4.69) is 45.9 Å². The summed E-state index contributed by atoms with van der Waals surface area (Å²) in [5.41, 5.74) is 4.60. The minimum Gasteiger partial charge on any atom is -0.122 e. The van der Waals surface area contributed by atoms with E-state index in [1.54, 1.807) is 0 Å². The van der Waals surface area contributed by atoms with Gasteiger partial charge in [-0.25, -0.2) is 0 Å². The maximum atomic E-state index is 6.52. The second-order valence-corrected chi connectivity index (χ2v) is 6.51. The standard InChI is InChI=1S/C15H21Cl/c1-10-5-6-11(2)12(7-10)8-14(16)13-9-15(13,3)4/h5-7,13-14H,8-9H2,1-4H3. The van der Waals surface area contributed by atoms with Crippen LogP contribution in [0, 0.1) is 25.2 Å². The Balaban J connectivity index is 2.06. The van der Waals surface area contributed by atoms with Gasteiger partial charge in [0.15, 0.2) is 0 Å². The van der Waals surface area contributed by atoms with Crippen molar-refractivity contribution in [2.45, 2.75) is 45.9 Å². The van der Waals surface area contributed by atoms with Gasteiger partial charge in [-0.3, -0.25) is 0 Å². The zero-order chi connectivity index (χ0) is 11.9. The monoisotopic (exact) mass is 236 g/mol. The van der Waals surface area contributed by atoms with Gasteiger partial charge in [-0.2, -0.15) is 0 Å².